The zero-order valence-corrected chi connectivity index (χ0v) is 13.9. The van der Waals surface area contributed by atoms with Crippen molar-refractivity contribution < 1.29 is 19.1 Å². The first-order valence-corrected chi connectivity index (χ1v) is 7.69. The predicted molar refractivity (Wildman–Crippen MR) is 96.2 cm³/mol. The maximum Gasteiger partial charge on any atom is 0.339 e. The minimum atomic E-state index is -0.513. The quantitative estimate of drug-likeness (QED) is 0.735. The molecule has 0 atom stereocenters. The first-order valence-electron chi connectivity index (χ1n) is 7.69. The van der Waals surface area contributed by atoms with Crippen molar-refractivity contribution in [2.75, 3.05) is 19.5 Å². The number of esters is 1. The van der Waals surface area contributed by atoms with Gasteiger partial charge in [-0.15, -0.1) is 0 Å². The maximum atomic E-state index is 12.8. The Bertz CT molecular complexity index is 949. The van der Waals surface area contributed by atoms with Crippen LogP contribution in [0.2, 0.25) is 0 Å². The molecule has 126 valence electrons. The lowest BCUT2D eigenvalue weighted by molar-refractivity contribution is 0.0602. The van der Waals surface area contributed by atoms with Gasteiger partial charge in [0.15, 0.2) is 0 Å². The molecule has 0 unspecified atom stereocenters. The summed E-state index contributed by atoms with van der Waals surface area (Å²) < 4.78 is 10.1. The van der Waals surface area contributed by atoms with E-state index in [0.29, 0.717) is 17.0 Å². The average molecular weight is 335 g/mol. The van der Waals surface area contributed by atoms with Crippen LogP contribution in [0.1, 0.15) is 20.7 Å². The Kier molecular flexibility index (Phi) is 4.66. The molecule has 0 saturated carbocycles. The highest BCUT2D eigenvalue weighted by Gasteiger charge is 2.17. The number of benzene rings is 3. The van der Waals surface area contributed by atoms with Gasteiger partial charge in [-0.3, -0.25) is 4.79 Å². The third kappa shape index (κ3) is 3.30. The summed E-state index contributed by atoms with van der Waals surface area (Å²) in [6.07, 6.45) is 0. The molecule has 5 heteroatoms. The number of carbonyl (C=O) groups is 2. The van der Waals surface area contributed by atoms with Gasteiger partial charge in [-0.25, -0.2) is 4.79 Å². The number of fused-ring (bicyclic) bond motifs is 1. The van der Waals surface area contributed by atoms with Crippen molar-refractivity contribution in [2.24, 2.45) is 0 Å². The molecule has 0 aliphatic carbocycles. The summed E-state index contributed by atoms with van der Waals surface area (Å²) in [5.41, 5.74) is 1.06. The summed E-state index contributed by atoms with van der Waals surface area (Å²) in [6, 6.07) is 18.0. The molecule has 3 aromatic rings. The van der Waals surface area contributed by atoms with Gasteiger partial charge >= 0.3 is 5.97 Å². The zero-order chi connectivity index (χ0) is 17.8. The fourth-order valence-electron chi connectivity index (χ4n) is 2.64. The summed E-state index contributed by atoms with van der Waals surface area (Å²) in [5.74, 6) is -0.410. The van der Waals surface area contributed by atoms with Crippen LogP contribution in [0.15, 0.2) is 60.7 Å². The second-order valence-electron chi connectivity index (χ2n) is 5.39. The van der Waals surface area contributed by atoms with E-state index >= 15 is 0 Å². The van der Waals surface area contributed by atoms with E-state index in [1.165, 1.54) is 14.2 Å². The van der Waals surface area contributed by atoms with E-state index in [9.17, 15) is 9.59 Å². The second-order valence-corrected chi connectivity index (χ2v) is 5.39. The fraction of sp³-hybridized carbons (Fsp3) is 0.100. The second kappa shape index (κ2) is 7.05. The first-order chi connectivity index (χ1) is 12.1. The molecular weight excluding hydrogens is 318 g/mol. The lowest BCUT2D eigenvalue weighted by Gasteiger charge is -2.13. The van der Waals surface area contributed by atoms with Crippen LogP contribution in [0.3, 0.4) is 0 Å². The Labute approximate surface area is 145 Å². The zero-order valence-electron chi connectivity index (χ0n) is 13.9. The van der Waals surface area contributed by atoms with Crippen molar-refractivity contribution in [3.63, 3.8) is 0 Å². The lowest BCUT2D eigenvalue weighted by atomic mass is 10.0. The number of nitrogens with one attached hydrogen (secondary N) is 1. The number of rotatable bonds is 4. The third-order valence-electron chi connectivity index (χ3n) is 3.89. The van der Waals surface area contributed by atoms with E-state index in [1.54, 1.807) is 30.3 Å². The van der Waals surface area contributed by atoms with E-state index in [1.807, 2.05) is 30.3 Å². The molecule has 0 bridgehead atoms. The summed E-state index contributed by atoms with van der Waals surface area (Å²) in [6.45, 7) is 0. The number of carbonyl (C=O) groups excluding carboxylic acids is 2. The SMILES string of the molecule is COC(=O)c1ccccc1NC(=O)c1cc2ccccc2cc1OC. The summed E-state index contributed by atoms with van der Waals surface area (Å²) in [4.78, 5) is 24.6. The van der Waals surface area contributed by atoms with Gasteiger partial charge in [0.1, 0.15) is 5.75 Å². The monoisotopic (exact) mass is 335 g/mol. The van der Waals surface area contributed by atoms with E-state index in [2.05, 4.69) is 5.32 Å². The Hall–Kier alpha value is -3.34. The van der Waals surface area contributed by atoms with Gasteiger partial charge < -0.3 is 14.8 Å². The first kappa shape index (κ1) is 16.5. The number of para-hydroxylation sites is 1. The van der Waals surface area contributed by atoms with E-state index in [0.717, 1.165) is 10.8 Å². The Morgan fingerprint density at radius 3 is 2.16 bits per heavy atom. The van der Waals surface area contributed by atoms with Crippen molar-refractivity contribution in [3.8, 4) is 5.75 Å². The molecule has 1 N–H and O–H groups in total. The van der Waals surface area contributed by atoms with Gasteiger partial charge in [0.25, 0.3) is 5.91 Å². The molecule has 0 aliphatic rings. The van der Waals surface area contributed by atoms with E-state index in [-0.39, 0.29) is 11.5 Å². The van der Waals surface area contributed by atoms with Crippen LogP contribution in [-0.4, -0.2) is 26.1 Å². The normalized spacial score (nSPS) is 10.3. The molecule has 0 radical (unpaired) electrons. The van der Waals surface area contributed by atoms with Crippen LogP contribution < -0.4 is 10.1 Å². The molecule has 0 heterocycles. The summed E-state index contributed by atoms with van der Waals surface area (Å²) in [5, 5.41) is 4.66. The molecule has 25 heavy (non-hydrogen) atoms. The molecule has 0 aliphatic heterocycles. The van der Waals surface area contributed by atoms with Crippen LogP contribution in [0, 0.1) is 0 Å². The number of methoxy groups -OCH3 is 2. The van der Waals surface area contributed by atoms with Crippen molar-refractivity contribution in [3.05, 3.63) is 71.8 Å². The standard InChI is InChI=1S/C20H17NO4/c1-24-18-12-14-8-4-3-7-13(14)11-16(18)19(22)21-17-10-6-5-9-15(17)20(23)25-2/h3-12H,1-2H3,(H,21,22). The molecule has 0 aromatic heterocycles. The van der Waals surface area contributed by atoms with Crippen molar-refractivity contribution in [1.82, 2.24) is 0 Å². The van der Waals surface area contributed by atoms with Crippen LogP contribution in [0.25, 0.3) is 10.8 Å². The Balaban J connectivity index is 1.99. The molecule has 0 fully saturated rings. The fourth-order valence-corrected chi connectivity index (χ4v) is 2.64. The lowest BCUT2D eigenvalue weighted by Crippen LogP contribution is -2.16. The number of anilines is 1. The van der Waals surface area contributed by atoms with Crippen molar-refractivity contribution in [1.29, 1.82) is 0 Å². The Morgan fingerprint density at radius 1 is 0.840 bits per heavy atom. The van der Waals surface area contributed by atoms with E-state index in [4.69, 9.17) is 9.47 Å². The predicted octanol–water partition coefficient (Wildman–Crippen LogP) is 3.89. The molecule has 5 nitrogen and oxygen atoms in total. The van der Waals surface area contributed by atoms with Crippen LogP contribution >= 0.6 is 0 Å². The molecule has 0 spiro atoms. The number of ether oxygens (including phenoxy) is 2. The third-order valence-corrected chi connectivity index (χ3v) is 3.89. The molecule has 3 rings (SSSR count). The highest BCUT2D eigenvalue weighted by atomic mass is 16.5. The molecule has 1 amide bonds. The molecular formula is C20H17NO4. The largest absolute Gasteiger partial charge is 0.496 e. The van der Waals surface area contributed by atoms with E-state index < -0.39 is 5.97 Å². The number of amides is 1. The molecule has 3 aromatic carbocycles. The van der Waals surface area contributed by atoms with Crippen molar-refractivity contribution in [2.45, 2.75) is 0 Å². The van der Waals surface area contributed by atoms with Gasteiger partial charge in [0, 0.05) is 0 Å². The van der Waals surface area contributed by atoms with Gasteiger partial charge in [-0.1, -0.05) is 36.4 Å². The van der Waals surface area contributed by atoms with Crippen LogP contribution in [0.5, 0.6) is 5.75 Å². The minimum absolute atomic E-state index is 0.290. The van der Waals surface area contributed by atoms with Crippen LogP contribution in [-0.2, 0) is 4.74 Å². The smallest absolute Gasteiger partial charge is 0.339 e. The highest BCUT2D eigenvalue weighted by molar-refractivity contribution is 6.11. The van der Waals surface area contributed by atoms with Gasteiger partial charge in [0.05, 0.1) is 31.0 Å². The average Bonchev–Trinajstić information content (AvgIpc) is 2.66. The van der Waals surface area contributed by atoms with Crippen LogP contribution in [0.4, 0.5) is 5.69 Å². The highest BCUT2D eigenvalue weighted by Crippen LogP contribution is 2.27. The molecule has 0 saturated heterocycles. The number of hydrogen-bond donors (Lipinski definition) is 1. The topological polar surface area (TPSA) is 64.6 Å². The summed E-state index contributed by atoms with van der Waals surface area (Å²) in [7, 11) is 2.82. The number of hydrogen-bond acceptors (Lipinski definition) is 4. The van der Waals surface area contributed by atoms with Gasteiger partial charge in [-0.05, 0) is 35.0 Å². The van der Waals surface area contributed by atoms with Crippen molar-refractivity contribution >= 4 is 28.3 Å². The Morgan fingerprint density at radius 2 is 1.48 bits per heavy atom. The maximum absolute atomic E-state index is 12.8. The van der Waals surface area contributed by atoms with Gasteiger partial charge in [0.2, 0.25) is 0 Å². The van der Waals surface area contributed by atoms with Gasteiger partial charge in [-0.2, -0.15) is 0 Å². The summed E-state index contributed by atoms with van der Waals surface area (Å²) >= 11 is 0. The minimum Gasteiger partial charge on any atom is -0.496 e.